The standard InChI is InChI=1S/C14H20N4O6/c1-7(20)16-10-12(22)11(21)9(6-19)24-14(10)18-17-13(23)8-2-4-15-5-3-8/h2-5,9-12,14,18-19,21-22H,6H2,1H3,(H,16,20)(H,17,23)/t9-,10-,11+,12-,14-/m0/s1. The smallest absolute Gasteiger partial charge is 0.265 e. The molecule has 10 heteroatoms. The Balaban J connectivity index is 2.06. The van der Waals surface area contributed by atoms with Gasteiger partial charge < -0.3 is 25.4 Å². The number of carbonyl (C=O) groups is 2. The van der Waals surface area contributed by atoms with Crippen molar-refractivity contribution in [2.75, 3.05) is 6.61 Å². The number of carbonyl (C=O) groups excluding carboxylic acids is 2. The van der Waals surface area contributed by atoms with E-state index in [1.807, 2.05) is 0 Å². The molecule has 6 N–H and O–H groups in total. The van der Waals surface area contributed by atoms with E-state index in [1.54, 1.807) is 0 Å². The maximum Gasteiger partial charge on any atom is 0.265 e. The molecule has 24 heavy (non-hydrogen) atoms. The molecule has 2 amide bonds. The van der Waals surface area contributed by atoms with Crippen LogP contribution in [0.5, 0.6) is 0 Å². The first-order valence-corrected chi connectivity index (χ1v) is 7.29. The van der Waals surface area contributed by atoms with Gasteiger partial charge in [-0.15, -0.1) is 0 Å². The number of pyridine rings is 1. The summed E-state index contributed by atoms with van der Waals surface area (Å²) in [5.74, 6) is -0.937. The molecule has 2 rings (SSSR count). The van der Waals surface area contributed by atoms with Crippen molar-refractivity contribution in [2.24, 2.45) is 0 Å². The molecule has 0 saturated carbocycles. The zero-order valence-electron chi connectivity index (χ0n) is 12.9. The molecule has 2 heterocycles. The number of aromatic nitrogens is 1. The fourth-order valence-corrected chi connectivity index (χ4v) is 2.35. The Morgan fingerprint density at radius 3 is 2.50 bits per heavy atom. The van der Waals surface area contributed by atoms with E-state index in [2.05, 4.69) is 21.2 Å². The quantitative estimate of drug-likeness (QED) is 0.316. The summed E-state index contributed by atoms with van der Waals surface area (Å²) in [5.41, 5.74) is 5.27. The highest BCUT2D eigenvalue weighted by molar-refractivity contribution is 5.93. The summed E-state index contributed by atoms with van der Waals surface area (Å²) in [6.07, 6.45) is -2.01. The van der Waals surface area contributed by atoms with Gasteiger partial charge in [-0.05, 0) is 12.1 Å². The largest absolute Gasteiger partial charge is 0.394 e. The van der Waals surface area contributed by atoms with Crippen molar-refractivity contribution in [1.82, 2.24) is 21.2 Å². The average Bonchev–Trinajstić information content (AvgIpc) is 2.58. The number of aliphatic hydroxyl groups is 3. The minimum Gasteiger partial charge on any atom is -0.394 e. The minimum atomic E-state index is -1.39. The molecule has 10 nitrogen and oxygen atoms in total. The third kappa shape index (κ3) is 4.24. The van der Waals surface area contributed by atoms with Crippen molar-refractivity contribution < 1.29 is 29.6 Å². The van der Waals surface area contributed by atoms with Gasteiger partial charge in [-0.25, -0.2) is 5.43 Å². The molecule has 1 saturated heterocycles. The van der Waals surface area contributed by atoms with Crippen LogP contribution in [0.3, 0.4) is 0 Å². The predicted octanol–water partition coefficient (Wildman–Crippen LogP) is -2.74. The molecule has 1 aromatic heterocycles. The van der Waals surface area contributed by atoms with Gasteiger partial charge in [-0.2, -0.15) is 0 Å². The monoisotopic (exact) mass is 340 g/mol. The molecule has 1 aliphatic rings. The summed E-state index contributed by atoms with van der Waals surface area (Å²) in [4.78, 5) is 27.1. The molecule has 132 valence electrons. The molecule has 0 aliphatic carbocycles. The van der Waals surface area contributed by atoms with Crippen LogP contribution in [0.1, 0.15) is 17.3 Å². The topological polar surface area (TPSA) is 153 Å². The molecule has 0 radical (unpaired) electrons. The molecule has 5 atom stereocenters. The molecular weight excluding hydrogens is 320 g/mol. The molecule has 0 unspecified atom stereocenters. The van der Waals surface area contributed by atoms with Gasteiger partial charge in [0.05, 0.1) is 12.6 Å². The van der Waals surface area contributed by atoms with Gasteiger partial charge in [0.25, 0.3) is 5.91 Å². The maximum absolute atomic E-state index is 12.0. The zero-order chi connectivity index (χ0) is 17.7. The number of nitrogens with one attached hydrogen (secondary N) is 3. The minimum absolute atomic E-state index is 0.337. The van der Waals surface area contributed by atoms with Gasteiger partial charge >= 0.3 is 0 Å². The predicted molar refractivity (Wildman–Crippen MR) is 80.2 cm³/mol. The number of hydrogen-bond acceptors (Lipinski definition) is 8. The van der Waals surface area contributed by atoms with Crippen LogP contribution in [0.15, 0.2) is 24.5 Å². The second kappa shape index (κ2) is 8.13. The Morgan fingerprint density at radius 2 is 1.92 bits per heavy atom. The number of ether oxygens (including phenoxy) is 1. The zero-order valence-corrected chi connectivity index (χ0v) is 12.9. The lowest BCUT2D eigenvalue weighted by atomic mass is 9.96. The van der Waals surface area contributed by atoms with Crippen LogP contribution in [0.2, 0.25) is 0 Å². The van der Waals surface area contributed by atoms with Crippen LogP contribution >= 0.6 is 0 Å². The van der Waals surface area contributed by atoms with Gasteiger partial charge in [0, 0.05) is 24.9 Å². The Bertz CT molecular complexity index is 572. The average molecular weight is 340 g/mol. The lowest BCUT2D eigenvalue weighted by Crippen LogP contribution is -2.69. The molecular formula is C14H20N4O6. The van der Waals surface area contributed by atoms with E-state index in [4.69, 9.17) is 4.74 Å². The Hall–Kier alpha value is -2.11. The molecule has 0 spiro atoms. The fraction of sp³-hybridized carbons (Fsp3) is 0.500. The second-order valence-corrected chi connectivity index (χ2v) is 5.32. The van der Waals surface area contributed by atoms with Crippen LogP contribution in [0.4, 0.5) is 0 Å². The van der Waals surface area contributed by atoms with E-state index in [1.165, 1.54) is 31.5 Å². The molecule has 0 aromatic carbocycles. The summed E-state index contributed by atoms with van der Waals surface area (Å²) in [6, 6.07) is 1.97. The fourth-order valence-electron chi connectivity index (χ4n) is 2.35. The SMILES string of the molecule is CC(=O)N[C@H]1[C@H](O)[C@H](O)[C@H](CO)O[C@@H]1NNC(=O)c1ccncc1. The number of nitrogens with zero attached hydrogens (tertiary/aromatic N) is 1. The van der Waals surface area contributed by atoms with Gasteiger partial charge in [0.15, 0.2) is 0 Å². The summed E-state index contributed by atoms with van der Waals surface area (Å²) in [5, 5.41) is 31.7. The third-order valence-electron chi connectivity index (χ3n) is 3.57. The van der Waals surface area contributed by atoms with Crippen LogP contribution in [0, 0.1) is 0 Å². The third-order valence-corrected chi connectivity index (χ3v) is 3.57. The van der Waals surface area contributed by atoms with Gasteiger partial charge in [-0.3, -0.25) is 20.0 Å². The van der Waals surface area contributed by atoms with Crippen molar-refractivity contribution in [3.63, 3.8) is 0 Å². The number of amides is 2. The van der Waals surface area contributed by atoms with Gasteiger partial charge in [0.2, 0.25) is 5.91 Å². The molecule has 1 aliphatic heterocycles. The van der Waals surface area contributed by atoms with Crippen molar-refractivity contribution in [3.8, 4) is 0 Å². The van der Waals surface area contributed by atoms with E-state index in [0.29, 0.717) is 5.56 Å². The highest BCUT2D eigenvalue weighted by atomic mass is 16.5. The Morgan fingerprint density at radius 1 is 1.25 bits per heavy atom. The normalized spacial score (nSPS) is 29.8. The van der Waals surface area contributed by atoms with Gasteiger partial charge in [0.1, 0.15) is 24.5 Å². The van der Waals surface area contributed by atoms with E-state index in [-0.39, 0.29) is 0 Å². The number of hydrazine groups is 1. The number of rotatable bonds is 5. The van der Waals surface area contributed by atoms with Crippen molar-refractivity contribution in [3.05, 3.63) is 30.1 Å². The van der Waals surface area contributed by atoms with Crippen molar-refractivity contribution in [1.29, 1.82) is 0 Å². The molecule has 1 aromatic rings. The summed E-state index contributed by atoms with van der Waals surface area (Å²) in [7, 11) is 0. The molecule has 1 fully saturated rings. The second-order valence-electron chi connectivity index (χ2n) is 5.32. The van der Waals surface area contributed by atoms with E-state index in [0.717, 1.165) is 0 Å². The van der Waals surface area contributed by atoms with Crippen LogP contribution in [0.25, 0.3) is 0 Å². The lowest BCUT2D eigenvalue weighted by Gasteiger charge is -2.42. The first kappa shape index (κ1) is 18.2. The van der Waals surface area contributed by atoms with E-state index in [9.17, 15) is 24.9 Å². The summed E-state index contributed by atoms with van der Waals surface area (Å²) < 4.78 is 5.41. The Labute approximate surface area is 137 Å². The first-order valence-electron chi connectivity index (χ1n) is 7.29. The van der Waals surface area contributed by atoms with Crippen LogP contribution in [-0.2, 0) is 9.53 Å². The summed E-state index contributed by atoms with van der Waals surface area (Å²) >= 11 is 0. The summed E-state index contributed by atoms with van der Waals surface area (Å²) in [6.45, 7) is 0.700. The van der Waals surface area contributed by atoms with Crippen molar-refractivity contribution >= 4 is 11.8 Å². The highest BCUT2D eigenvalue weighted by Gasteiger charge is 2.44. The number of aliphatic hydroxyl groups excluding tert-OH is 3. The molecule has 0 bridgehead atoms. The maximum atomic E-state index is 12.0. The lowest BCUT2D eigenvalue weighted by molar-refractivity contribution is -0.204. The van der Waals surface area contributed by atoms with Crippen LogP contribution < -0.4 is 16.2 Å². The van der Waals surface area contributed by atoms with E-state index >= 15 is 0 Å². The van der Waals surface area contributed by atoms with Crippen molar-refractivity contribution in [2.45, 2.75) is 37.5 Å². The first-order chi connectivity index (χ1) is 11.4. The highest BCUT2D eigenvalue weighted by Crippen LogP contribution is 2.19. The van der Waals surface area contributed by atoms with Gasteiger partial charge in [-0.1, -0.05) is 0 Å². The Kier molecular flexibility index (Phi) is 6.17. The van der Waals surface area contributed by atoms with E-state index < -0.39 is 49.0 Å². The van der Waals surface area contributed by atoms with Crippen LogP contribution in [-0.4, -0.2) is 69.3 Å². The number of hydrogen-bond donors (Lipinski definition) is 6.